The Bertz CT molecular complexity index is 500. The van der Waals surface area contributed by atoms with Gasteiger partial charge in [-0.25, -0.2) is 4.98 Å². The highest BCUT2D eigenvalue weighted by Gasteiger charge is 2.40. The summed E-state index contributed by atoms with van der Waals surface area (Å²) in [4.78, 5) is 28.7. The Morgan fingerprint density at radius 3 is 2.68 bits per heavy atom. The van der Waals surface area contributed by atoms with Gasteiger partial charge in [0.05, 0.1) is 11.0 Å². The predicted molar refractivity (Wildman–Crippen MR) is 70.2 cm³/mol. The molecule has 1 saturated heterocycles. The number of pyridine rings is 1. The molecular formula is C13H17N3O3. The van der Waals surface area contributed by atoms with Gasteiger partial charge in [0.15, 0.2) is 0 Å². The topological polar surface area (TPSA) is 82.5 Å². The van der Waals surface area contributed by atoms with Crippen LogP contribution < -0.4 is 10.2 Å². The summed E-state index contributed by atoms with van der Waals surface area (Å²) in [5.41, 5.74) is -0.229. The fourth-order valence-electron chi connectivity index (χ4n) is 2.18. The summed E-state index contributed by atoms with van der Waals surface area (Å²) in [6.45, 7) is 2.85. The number of anilines is 1. The van der Waals surface area contributed by atoms with Gasteiger partial charge in [-0.1, -0.05) is 0 Å². The zero-order valence-electron chi connectivity index (χ0n) is 11.0. The molecule has 0 bridgehead atoms. The number of carbonyl (C=O) groups excluding carboxylic acids is 1. The first-order chi connectivity index (χ1) is 8.96. The molecule has 1 aromatic rings. The number of carbonyl (C=O) groups is 2. The van der Waals surface area contributed by atoms with Crippen molar-refractivity contribution in [2.24, 2.45) is 5.41 Å². The molecule has 0 spiro atoms. The van der Waals surface area contributed by atoms with Crippen molar-refractivity contribution in [3.05, 3.63) is 23.9 Å². The predicted octanol–water partition coefficient (Wildman–Crippen LogP) is 0.742. The van der Waals surface area contributed by atoms with E-state index in [0.717, 1.165) is 0 Å². The second-order valence-electron chi connectivity index (χ2n) is 5.02. The van der Waals surface area contributed by atoms with Crippen molar-refractivity contribution in [1.82, 2.24) is 10.3 Å². The Morgan fingerprint density at radius 1 is 1.47 bits per heavy atom. The summed E-state index contributed by atoms with van der Waals surface area (Å²) in [7, 11) is 1.56. The second-order valence-corrected chi connectivity index (χ2v) is 5.02. The van der Waals surface area contributed by atoms with Crippen LogP contribution in [0.5, 0.6) is 0 Å². The lowest BCUT2D eigenvalue weighted by Gasteiger charge is -2.20. The molecule has 6 heteroatoms. The van der Waals surface area contributed by atoms with Crippen molar-refractivity contribution < 1.29 is 14.7 Å². The molecule has 0 aromatic carbocycles. The molecule has 1 atom stereocenters. The minimum absolute atomic E-state index is 0.184. The van der Waals surface area contributed by atoms with Crippen LogP contribution in [0.2, 0.25) is 0 Å². The molecule has 6 nitrogen and oxygen atoms in total. The minimum atomic E-state index is -0.781. The van der Waals surface area contributed by atoms with Crippen LogP contribution in [-0.4, -0.2) is 42.1 Å². The minimum Gasteiger partial charge on any atom is -0.481 e. The molecule has 102 valence electrons. The van der Waals surface area contributed by atoms with E-state index in [1.165, 1.54) is 6.20 Å². The Labute approximate surface area is 111 Å². The van der Waals surface area contributed by atoms with Crippen molar-refractivity contribution in [3.8, 4) is 0 Å². The highest BCUT2D eigenvalue weighted by Crippen LogP contribution is 2.32. The summed E-state index contributed by atoms with van der Waals surface area (Å²) < 4.78 is 0. The molecule has 1 aromatic heterocycles. The van der Waals surface area contributed by atoms with E-state index in [4.69, 9.17) is 0 Å². The van der Waals surface area contributed by atoms with E-state index in [1.54, 1.807) is 26.1 Å². The molecule has 2 rings (SSSR count). The number of amides is 1. The van der Waals surface area contributed by atoms with Gasteiger partial charge in [0.25, 0.3) is 5.91 Å². The summed E-state index contributed by atoms with van der Waals surface area (Å²) in [5.74, 6) is -0.259. The van der Waals surface area contributed by atoms with Gasteiger partial charge in [-0.3, -0.25) is 9.59 Å². The van der Waals surface area contributed by atoms with Gasteiger partial charge >= 0.3 is 5.97 Å². The molecule has 1 aliphatic rings. The van der Waals surface area contributed by atoms with Crippen LogP contribution in [0.3, 0.4) is 0 Å². The number of aliphatic carboxylic acids is 1. The van der Waals surface area contributed by atoms with Gasteiger partial charge in [0, 0.05) is 26.3 Å². The summed E-state index contributed by atoms with van der Waals surface area (Å²) in [6, 6.07) is 3.44. The largest absolute Gasteiger partial charge is 0.481 e. The first-order valence-electron chi connectivity index (χ1n) is 6.13. The summed E-state index contributed by atoms with van der Waals surface area (Å²) in [5, 5.41) is 11.7. The number of rotatable bonds is 3. The molecule has 0 aliphatic carbocycles. The van der Waals surface area contributed by atoms with E-state index in [-0.39, 0.29) is 5.91 Å². The van der Waals surface area contributed by atoms with E-state index in [1.807, 2.05) is 4.90 Å². The normalized spacial score (nSPS) is 22.3. The Balaban J connectivity index is 2.12. The van der Waals surface area contributed by atoms with Crippen molar-refractivity contribution in [3.63, 3.8) is 0 Å². The van der Waals surface area contributed by atoms with Gasteiger partial charge in [-0.05, 0) is 25.5 Å². The fourth-order valence-corrected chi connectivity index (χ4v) is 2.18. The quantitative estimate of drug-likeness (QED) is 0.840. The Hall–Kier alpha value is -2.11. The fraction of sp³-hybridized carbons (Fsp3) is 0.462. The number of hydrogen-bond donors (Lipinski definition) is 2. The lowest BCUT2D eigenvalue weighted by molar-refractivity contribution is -0.146. The van der Waals surface area contributed by atoms with Crippen LogP contribution in [0.15, 0.2) is 18.3 Å². The highest BCUT2D eigenvalue weighted by atomic mass is 16.4. The first-order valence-corrected chi connectivity index (χ1v) is 6.13. The molecule has 1 amide bonds. The van der Waals surface area contributed by atoms with Crippen LogP contribution in [0.25, 0.3) is 0 Å². The van der Waals surface area contributed by atoms with Gasteiger partial charge in [-0.2, -0.15) is 0 Å². The highest BCUT2D eigenvalue weighted by molar-refractivity contribution is 5.93. The summed E-state index contributed by atoms with van der Waals surface area (Å²) >= 11 is 0. The molecule has 2 N–H and O–H groups in total. The van der Waals surface area contributed by atoms with Gasteiger partial charge in [0.1, 0.15) is 5.82 Å². The zero-order valence-corrected chi connectivity index (χ0v) is 11.0. The molecule has 1 unspecified atom stereocenters. The zero-order chi connectivity index (χ0) is 14.0. The molecule has 0 radical (unpaired) electrons. The molecule has 2 heterocycles. The van der Waals surface area contributed by atoms with Crippen molar-refractivity contribution in [2.45, 2.75) is 13.3 Å². The van der Waals surface area contributed by atoms with Crippen LogP contribution in [-0.2, 0) is 4.79 Å². The summed E-state index contributed by atoms with van der Waals surface area (Å²) in [6.07, 6.45) is 2.10. The average Bonchev–Trinajstić information content (AvgIpc) is 2.82. The third-order valence-corrected chi connectivity index (χ3v) is 3.55. The average molecular weight is 263 g/mol. The lowest BCUT2D eigenvalue weighted by atomic mass is 9.90. The maximum atomic E-state index is 11.4. The lowest BCUT2D eigenvalue weighted by Crippen LogP contribution is -2.32. The Kier molecular flexibility index (Phi) is 3.42. The van der Waals surface area contributed by atoms with Crippen LogP contribution in [0.1, 0.15) is 23.7 Å². The van der Waals surface area contributed by atoms with Crippen molar-refractivity contribution >= 4 is 17.7 Å². The van der Waals surface area contributed by atoms with E-state index in [0.29, 0.717) is 30.9 Å². The van der Waals surface area contributed by atoms with E-state index in [2.05, 4.69) is 10.3 Å². The molecule has 19 heavy (non-hydrogen) atoms. The van der Waals surface area contributed by atoms with E-state index >= 15 is 0 Å². The maximum Gasteiger partial charge on any atom is 0.311 e. The van der Waals surface area contributed by atoms with Crippen LogP contribution in [0.4, 0.5) is 5.82 Å². The molecule has 1 aliphatic heterocycles. The number of nitrogens with zero attached hydrogens (tertiary/aromatic N) is 2. The van der Waals surface area contributed by atoms with Crippen LogP contribution >= 0.6 is 0 Å². The van der Waals surface area contributed by atoms with Gasteiger partial charge in [-0.15, -0.1) is 0 Å². The third kappa shape index (κ3) is 2.52. The first kappa shape index (κ1) is 13.3. The SMILES string of the molecule is CNC(=O)c1ccc(N2CCC(C)(C(=O)O)C2)nc1. The van der Waals surface area contributed by atoms with Crippen LogP contribution in [0, 0.1) is 5.41 Å². The van der Waals surface area contributed by atoms with Crippen molar-refractivity contribution in [2.75, 3.05) is 25.0 Å². The second kappa shape index (κ2) is 4.87. The molecular weight excluding hydrogens is 246 g/mol. The molecule has 1 fully saturated rings. The Morgan fingerprint density at radius 2 is 2.21 bits per heavy atom. The monoisotopic (exact) mass is 263 g/mol. The van der Waals surface area contributed by atoms with Gasteiger partial charge in [0.2, 0.25) is 0 Å². The van der Waals surface area contributed by atoms with Gasteiger partial charge < -0.3 is 15.3 Å². The molecule has 0 saturated carbocycles. The third-order valence-electron chi connectivity index (χ3n) is 3.55. The maximum absolute atomic E-state index is 11.4. The number of carboxylic acids is 1. The van der Waals surface area contributed by atoms with E-state index in [9.17, 15) is 14.7 Å². The number of nitrogens with one attached hydrogen (secondary N) is 1. The van der Waals surface area contributed by atoms with E-state index < -0.39 is 11.4 Å². The van der Waals surface area contributed by atoms with Crippen molar-refractivity contribution in [1.29, 1.82) is 0 Å². The number of hydrogen-bond acceptors (Lipinski definition) is 4. The smallest absolute Gasteiger partial charge is 0.311 e. The standard InChI is InChI=1S/C13H17N3O3/c1-13(12(18)19)5-6-16(8-13)10-4-3-9(7-15-10)11(17)14-2/h3-4,7H,5-6,8H2,1-2H3,(H,14,17)(H,18,19). The number of aromatic nitrogens is 1. The number of carboxylic acid groups (broad SMARTS) is 1.